The fourth-order valence-electron chi connectivity index (χ4n) is 2.69. The minimum Gasteiger partial charge on any atom is -0.544 e. The van der Waals surface area contributed by atoms with E-state index in [2.05, 4.69) is 39.9 Å². The molecular weight excluding hydrogens is 465 g/mol. The molecule has 167 valence electrons. The van der Waals surface area contributed by atoms with E-state index in [0.717, 1.165) is 17.4 Å². The lowest BCUT2D eigenvalue weighted by atomic mass is 10.0. The SMILES string of the molecule is CC(C)(C)[Si](C)(C)Oc1ccc(-c2[c]c3c(s2)C=C(S(=O)(=O)C(F)(F)F)CC3=O)cc1. The molecule has 0 unspecified atom stereocenters. The minimum absolute atomic E-state index is 0.0351. The van der Waals surface area contributed by atoms with Gasteiger partial charge in [0, 0.05) is 27.8 Å². The Balaban J connectivity index is 1.91. The summed E-state index contributed by atoms with van der Waals surface area (Å²) in [7, 11) is -7.55. The van der Waals surface area contributed by atoms with Gasteiger partial charge < -0.3 is 4.43 Å². The Kier molecular flexibility index (Phi) is 5.82. The molecule has 10 heteroatoms. The molecule has 0 amide bonds. The van der Waals surface area contributed by atoms with E-state index in [1.165, 1.54) is 0 Å². The van der Waals surface area contributed by atoms with Crippen molar-refractivity contribution in [3.63, 3.8) is 0 Å². The molecule has 1 aliphatic rings. The Bertz CT molecular complexity index is 1150. The van der Waals surface area contributed by atoms with E-state index in [1.54, 1.807) is 24.3 Å². The van der Waals surface area contributed by atoms with E-state index in [9.17, 15) is 26.4 Å². The van der Waals surface area contributed by atoms with Crippen LogP contribution in [0.2, 0.25) is 18.1 Å². The van der Waals surface area contributed by atoms with Crippen molar-refractivity contribution in [2.45, 2.75) is 50.8 Å². The summed E-state index contributed by atoms with van der Waals surface area (Å²) in [5.41, 5.74) is -4.62. The van der Waals surface area contributed by atoms with Crippen LogP contribution in [0.25, 0.3) is 16.5 Å². The first kappa shape index (κ1) is 23.7. The Morgan fingerprint density at radius 2 is 1.68 bits per heavy atom. The van der Waals surface area contributed by atoms with Gasteiger partial charge in [0.2, 0.25) is 8.32 Å². The third-order valence-electron chi connectivity index (χ3n) is 5.55. The van der Waals surface area contributed by atoms with Crippen LogP contribution in [0, 0.1) is 6.07 Å². The van der Waals surface area contributed by atoms with E-state index in [1.807, 2.05) is 0 Å². The Labute approximate surface area is 184 Å². The van der Waals surface area contributed by atoms with Gasteiger partial charge in [-0.15, -0.1) is 11.3 Å². The largest absolute Gasteiger partial charge is 0.544 e. The summed E-state index contributed by atoms with van der Waals surface area (Å²) in [4.78, 5) is 12.1. The van der Waals surface area contributed by atoms with Crippen LogP contribution >= 0.6 is 11.3 Å². The van der Waals surface area contributed by atoms with E-state index in [4.69, 9.17) is 4.43 Å². The number of fused-ring (bicyclic) bond motifs is 1. The summed E-state index contributed by atoms with van der Waals surface area (Å²) in [6.45, 7) is 10.7. The number of Topliss-reactive ketones (excluding diaryl/α,β-unsaturated/α-hetero) is 1. The number of rotatable bonds is 4. The molecule has 2 aromatic rings. The summed E-state index contributed by atoms with van der Waals surface area (Å²) >= 11 is 1.03. The van der Waals surface area contributed by atoms with Crippen molar-refractivity contribution in [2.24, 2.45) is 0 Å². The highest BCUT2D eigenvalue weighted by molar-refractivity contribution is 7.96. The monoisotopic (exact) mass is 487 g/mol. The van der Waals surface area contributed by atoms with Gasteiger partial charge in [0.05, 0.1) is 4.91 Å². The highest BCUT2D eigenvalue weighted by Gasteiger charge is 2.49. The van der Waals surface area contributed by atoms with E-state index in [0.29, 0.717) is 16.2 Å². The summed E-state index contributed by atoms with van der Waals surface area (Å²) in [5.74, 6) is 0.0203. The number of thiophene rings is 1. The molecule has 0 aliphatic heterocycles. The zero-order valence-electron chi connectivity index (χ0n) is 17.7. The van der Waals surface area contributed by atoms with Crippen LogP contribution in [0.3, 0.4) is 0 Å². The quantitative estimate of drug-likeness (QED) is 0.464. The lowest BCUT2D eigenvalue weighted by molar-refractivity contribution is -0.0426. The van der Waals surface area contributed by atoms with Crippen LogP contribution in [-0.4, -0.2) is 28.0 Å². The number of ketones is 1. The number of benzene rings is 1. The number of allylic oxidation sites excluding steroid dienone is 1. The summed E-state index contributed by atoms with van der Waals surface area (Å²) < 4.78 is 68.2. The van der Waals surface area contributed by atoms with Crippen molar-refractivity contribution in [3.05, 3.63) is 45.7 Å². The number of sulfone groups is 1. The zero-order valence-corrected chi connectivity index (χ0v) is 20.3. The molecule has 0 N–H and O–H groups in total. The number of alkyl halides is 3. The second-order valence-corrected chi connectivity index (χ2v) is 16.6. The van der Waals surface area contributed by atoms with Crippen LogP contribution in [0.1, 0.15) is 42.4 Å². The van der Waals surface area contributed by atoms with Gasteiger partial charge in [0.15, 0.2) is 5.78 Å². The Morgan fingerprint density at radius 1 is 1.10 bits per heavy atom. The van der Waals surface area contributed by atoms with Crippen molar-refractivity contribution < 1.29 is 30.8 Å². The van der Waals surface area contributed by atoms with E-state index >= 15 is 0 Å². The predicted octanol–water partition coefficient (Wildman–Crippen LogP) is 6.46. The van der Waals surface area contributed by atoms with Crippen molar-refractivity contribution >= 4 is 41.4 Å². The number of hydrogen-bond acceptors (Lipinski definition) is 5. The average molecular weight is 488 g/mol. The van der Waals surface area contributed by atoms with Gasteiger partial charge in [0.1, 0.15) is 5.75 Å². The minimum atomic E-state index is -5.55. The maximum Gasteiger partial charge on any atom is 0.501 e. The molecule has 4 nitrogen and oxygen atoms in total. The molecule has 0 bridgehead atoms. The molecule has 0 saturated heterocycles. The fourth-order valence-corrected chi connectivity index (χ4v) is 5.78. The molecule has 3 rings (SSSR count). The second kappa shape index (κ2) is 7.60. The van der Waals surface area contributed by atoms with Gasteiger partial charge in [-0.3, -0.25) is 4.79 Å². The first-order chi connectivity index (χ1) is 14.0. The lowest BCUT2D eigenvalue weighted by Crippen LogP contribution is -2.43. The molecule has 1 aliphatic carbocycles. The number of carbonyl (C=O) groups excluding carboxylic acids is 1. The van der Waals surface area contributed by atoms with Gasteiger partial charge in [-0.1, -0.05) is 20.8 Å². The maximum atomic E-state index is 12.9. The van der Waals surface area contributed by atoms with Crippen LogP contribution in [0.15, 0.2) is 29.2 Å². The van der Waals surface area contributed by atoms with E-state index in [-0.39, 0.29) is 15.5 Å². The average Bonchev–Trinajstić information content (AvgIpc) is 3.05. The van der Waals surface area contributed by atoms with Crippen molar-refractivity contribution in [2.75, 3.05) is 0 Å². The first-order valence-electron chi connectivity index (χ1n) is 9.43. The number of hydrogen-bond donors (Lipinski definition) is 0. The van der Waals surface area contributed by atoms with E-state index < -0.39 is 40.8 Å². The maximum absolute atomic E-state index is 12.9. The molecular formula is C21H22F3O4S2Si. The van der Waals surface area contributed by atoms with Crippen LogP contribution in [0.5, 0.6) is 5.75 Å². The highest BCUT2D eigenvalue weighted by Crippen LogP contribution is 2.41. The summed E-state index contributed by atoms with van der Waals surface area (Å²) in [6, 6.07) is 10.1. The topological polar surface area (TPSA) is 60.4 Å². The molecule has 0 saturated carbocycles. The summed E-state index contributed by atoms with van der Waals surface area (Å²) in [5, 5.41) is 0.0351. The van der Waals surface area contributed by atoms with Gasteiger partial charge >= 0.3 is 5.51 Å². The normalized spacial score (nSPS) is 15.5. The van der Waals surface area contributed by atoms with Gasteiger partial charge in [-0.25, -0.2) is 8.42 Å². The van der Waals surface area contributed by atoms with Gasteiger partial charge in [0.25, 0.3) is 9.84 Å². The van der Waals surface area contributed by atoms with Crippen molar-refractivity contribution in [1.29, 1.82) is 0 Å². The summed E-state index contributed by atoms with van der Waals surface area (Å²) in [6.07, 6.45) is 0.111. The molecule has 0 fully saturated rings. The number of halogens is 3. The van der Waals surface area contributed by atoms with Crippen molar-refractivity contribution in [3.8, 4) is 16.2 Å². The molecule has 0 atom stereocenters. The number of carbonyl (C=O) groups is 1. The van der Waals surface area contributed by atoms with Crippen LogP contribution < -0.4 is 4.43 Å². The zero-order chi connectivity index (χ0) is 23.4. The molecule has 31 heavy (non-hydrogen) atoms. The second-order valence-electron chi connectivity index (χ2n) is 8.84. The smallest absolute Gasteiger partial charge is 0.501 e. The molecule has 1 aromatic carbocycles. The van der Waals surface area contributed by atoms with Crippen LogP contribution in [-0.2, 0) is 9.84 Å². The standard InChI is InChI=1S/C21H22F3O4S2Si/c1-20(2,3)31(4,5)28-14-8-6-13(7-9-14)18-12-16-17(25)10-15(11-19(16)29-18)30(26,27)21(22,23)24/h6-9,11H,10H2,1-5H3. The third kappa shape index (κ3) is 4.51. The first-order valence-corrected chi connectivity index (χ1v) is 14.6. The lowest BCUT2D eigenvalue weighted by Gasteiger charge is -2.36. The van der Waals surface area contributed by atoms with Crippen molar-refractivity contribution in [1.82, 2.24) is 0 Å². The van der Waals surface area contributed by atoms with Crippen LogP contribution in [0.4, 0.5) is 13.2 Å². The predicted molar refractivity (Wildman–Crippen MR) is 118 cm³/mol. The molecule has 1 heterocycles. The molecule has 1 radical (unpaired) electrons. The highest BCUT2D eigenvalue weighted by atomic mass is 32.2. The Hall–Kier alpha value is -1.91. The molecule has 0 spiro atoms. The van der Waals surface area contributed by atoms with Gasteiger partial charge in [-0.05, 0) is 54.0 Å². The van der Waals surface area contributed by atoms with Gasteiger partial charge in [-0.2, -0.15) is 13.2 Å². The fraction of sp³-hybridized carbons (Fsp3) is 0.381. The third-order valence-corrected chi connectivity index (χ3v) is 12.6. The Morgan fingerprint density at radius 3 is 2.19 bits per heavy atom. The molecule has 1 aromatic heterocycles.